The van der Waals surface area contributed by atoms with Gasteiger partial charge < -0.3 is 10.1 Å². The van der Waals surface area contributed by atoms with Gasteiger partial charge in [-0.15, -0.1) is 0 Å². The summed E-state index contributed by atoms with van der Waals surface area (Å²) in [7, 11) is 1.65. The highest BCUT2D eigenvalue weighted by Crippen LogP contribution is 2.47. The van der Waals surface area contributed by atoms with E-state index in [2.05, 4.69) is 15.5 Å². The Morgan fingerprint density at radius 1 is 1.35 bits per heavy atom. The third kappa shape index (κ3) is 2.60. The Balaban J connectivity index is 1.82. The van der Waals surface area contributed by atoms with Crippen LogP contribution >= 0.6 is 0 Å². The van der Waals surface area contributed by atoms with Crippen molar-refractivity contribution in [2.75, 3.05) is 7.11 Å². The molecule has 0 radical (unpaired) electrons. The number of hydrogen-bond acceptors (Lipinski definition) is 3. The molecule has 0 saturated heterocycles. The maximum Gasteiger partial charge on any atom is 0.231 e. The first kappa shape index (κ1) is 15.6. The van der Waals surface area contributed by atoms with E-state index < -0.39 is 5.41 Å². The summed E-state index contributed by atoms with van der Waals surface area (Å²) in [6, 6.07) is 7.83. The number of aromatic nitrogens is 2. The summed E-state index contributed by atoms with van der Waals surface area (Å²) in [5.41, 5.74) is 3.53. The van der Waals surface area contributed by atoms with E-state index >= 15 is 0 Å². The smallest absolute Gasteiger partial charge is 0.231 e. The van der Waals surface area contributed by atoms with Crippen LogP contribution in [0.4, 0.5) is 0 Å². The SMILES string of the molecule is COc1ccccc1C1(C(=O)NCc2c(C)n[nH]c2C)CCC1. The second-order valence-electron chi connectivity index (χ2n) is 6.23. The van der Waals surface area contributed by atoms with E-state index in [4.69, 9.17) is 4.74 Å². The summed E-state index contributed by atoms with van der Waals surface area (Å²) in [6.07, 6.45) is 2.79. The van der Waals surface area contributed by atoms with Gasteiger partial charge in [0.2, 0.25) is 5.91 Å². The molecule has 0 atom stereocenters. The quantitative estimate of drug-likeness (QED) is 0.892. The molecule has 2 aromatic rings. The number of benzene rings is 1. The van der Waals surface area contributed by atoms with Crippen LogP contribution in [-0.4, -0.2) is 23.2 Å². The molecular formula is C18H23N3O2. The van der Waals surface area contributed by atoms with Gasteiger partial charge in [0.1, 0.15) is 5.75 Å². The van der Waals surface area contributed by atoms with Crippen LogP contribution in [0.25, 0.3) is 0 Å². The van der Waals surface area contributed by atoms with Gasteiger partial charge >= 0.3 is 0 Å². The minimum atomic E-state index is -0.460. The third-order valence-electron chi connectivity index (χ3n) is 4.97. The van der Waals surface area contributed by atoms with Gasteiger partial charge in [-0.05, 0) is 32.8 Å². The van der Waals surface area contributed by atoms with Crippen LogP contribution in [0.1, 0.15) is 41.8 Å². The minimum absolute atomic E-state index is 0.0771. The second-order valence-corrected chi connectivity index (χ2v) is 6.23. The van der Waals surface area contributed by atoms with Crippen LogP contribution in [-0.2, 0) is 16.8 Å². The molecule has 0 spiro atoms. The van der Waals surface area contributed by atoms with Crippen molar-refractivity contribution in [3.63, 3.8) is 0 Å². The van der Waals surface area contributed by atoms with Crippen molar-refractivity contribution >= 4 is 5.91 Å². The van der Waals surface area contributed by atoms with E-state index in [-0.39, 0.29) is 5.91 Å². The Labute approximate surface area is 136 Å². The molecule has 122 valence electrons. The van der Waals surface area contributed by atoms with Crippen LogP contribution in [0.3, 0.4) is 0 Å². The van der Waals surface area contributed by atoms with E-state index in [0.29, 0.717) is 6.54 Å². The topological polar surface area (TPSA) is 67.0 Å². The van der Waals surface area contributed by atoms with Gasteiger partial charge in [0.05, 0.1) is 18.2 Å². The van der Waals surface area contributed by atoms with Crippen LogP contribution in [0, 0.1) is 13.8 Å². The fraction of sp³-hybridized carbons (Fsp3) is 0.444. The number of aryl methyl sites for hydroxylation is 2. The lowest BCUT2D eigenvalue weighted by Crippen LogP contribution is -2.49. The van der Waals surface area contributed by atoms with E-state index in [1.165, 1.54) is 0 Å². The number of para-hydroxylation sites is 1. The van der Waals surface area contributed by atoms with Gasteiger partial charge in [0.25, 0.3) is 0 Å². The highest BCUT2D eigenvalue weighted by atomic mass is 16.5. The first-order chi connectivity index (χ1) is 11.1. The fourth-order valence-corrected chi connectivity index (χ4v) is 3.36. The van der Waals surface area contributed by atoms with Crippen molar-refractivity contribution in [3.8, 4) is 5.75 Å². The monoisotopic (exact) mass is 313 g/mol. The highest BCUT2D eigenvalue weighted by molar-refractivity contribution is 5.90. The summed E-state index contributed by atoms with van der Waals surface area (Å²) in [6.45, 7) is 4.43. The molecule has 5 heteroatoms. The first-order valence-corrected chi connectivity index (χ1v) is 8.01. The lowest BCUT2D eigenvalue weighted by molar-refractivity contribution is -0.130. The number of H-pyrrole nitrogens is 1. The fourth-order valence-electron chi connectivity index (χ4n) is 3.36. The summed E-state index contributed by atoms with van der Waals surface area (Å²) < 4.78 is 5.47. The van der Waals surface area contributed by atoms with E-state index in [0.717, 1.165) is 47.5 Å². The Kier molecular flexibility index (Phi) is 4.11. The number of rotatable bonds is 5. The normalized spacial score (nSPS) is 15.8. The number of methoxy groups -OCH3 is 1. The van der Waals surface area contributed by atoms with Gasteiger partial charge in [-0.3, -0.25) is 9.89 Å². The number of hydrogen-bond donors (Lipinski definition) is 2. The van der Waals surface area contributed by atoms with Crippen LogP contribution in [0.5, 0.6) is 5.75 Å². The molecular weight excluding hydrogens is 290 g/mol. The predicted octanol–water partition coefficient (Wildman–Crippen LogP) is 2.77. The van der Waals surface area contributed by atoms with Gasteiger partial charge in [-0.2, -0.15) is 5.10 Å². The Bertz CT molecular complexity index is 697. The molecule has 0 unspecified atom stereocenters. The van der Waals surface area contributed by atoms with Crippen molar-refractivity contribution in [1.82, 2.24) is 15.5 Å². The average Bonchev–Trinajstić information content (AvgIpc) is 2.83. The highest BCUT2D eigenvalue weighted by Gasteiger charge is 2.47. The van der Waals surface area contributed by atoms with Crippen molar-refractivity contribution < 1.29 is 9.53 Å². The molecule has 0 bridgehead atoms. The number of nitrogens with zero attached hydrogens (tertiary/aromatic N) is 1. The molecule has 1 aliphatic carbocycles. The number of amides is 1. The van der Waals surface area contributed by atoms with E-state index in [1.807, 2.05) is 38.1 Å². The van der Waals surface area contributed by atoms with Crippen LogP contribution < -0.4 is 10.1 Å². The zero-order valence-corrected chi connectivity index (χ0v) is 13.9. The van der Waals surface area contributed by atoms with Gasteiger partial charge in [-0.1, -0.05) is 24.6 Å². The lowest BCUT2D eigenvalue weighted by atomic mass is 9.63. The molecule has 23 heavy (non-hydrogen) atoms. The summed E-state index contributed by atoms with van der Waals surface area (Å²) in [5, 5.41) is 10.2. The van der Waals surface area contributed by atoms with Crippen LogP contribution in [0.15, 0.2) is 24.3 Å². The number of carbonyl (C=O) groups is 1. The molecule has 1 saturated carbocycles. The third-order valence-corrected chi connectivity index (χ3v) is 4.97. The van der Waals surface area contributed by atoms with Crippen molar-refractivity contribution in [3.05, 3.63) is 46.8 Å². The van der Waals surface area contributed by atoms with Gasteiger partial charge in [0.15, 0.2) is 0 Å². The molecule has 1 aromatic heterocycles. The Morgan fingerprint density at radius 3 is 2.65 bits per heavy atom. The zero-order chi connectivity index (χ0) is 16.4. The predicted molar refractivity (Wildman–Crippen MR) is 88.4 cm³/mol. The van der Waals surface area contributed by atoms with Crippen molar-refractivity contribution in [1.29, 1.82) is 0 Å². The molecule has 1 fully saturated rings. The second kappa shape index (κ2) is 6.07. The van der Waals surface area contributed by atoms with E-state index in [1.54, 1.807) is 7.11 Å². The standard InChI is InChI=1S/C18H23N3O2/c1-12-14(13(2)21-20-12)11-19-17(22)18(9-6-10-18)15-7-4-5-8-16(15)23-3/h4-5,7-8H,6,9-11H2,1-3H3,(H,19,22)(H,20,21). The molecule has 0 aliphatic heterocycles. The number of aromatic amines is 1. The first-order valence-electron chi connectivity index (χ1n) is 8.01. The van der Waals surface area contributed by atoms with Crippen LogP contribution in [0.2, 0.25) is 0 Å². The Hall–Kier alpha value is -2.30. The van der Waals surface area contributed by atoms with Crippen molar-refractivity contribution in [2.24, 2.45) is 0 Å². The Morgan fingerprint density at radius 2 is 2.09 bits per heavy atom. The van der Waals surface area contributed by atoms with Gasteiger partial charge in [0, 0.05) is 23.4 Å². The summed E-state index contributed by atoms with van der Waals surface area (Å²) >= 11 is 0. The average molecular weight is 313 g/mol. The molecule has 3 rings (SSSR count). The minimum Gasteiger partial charge on any atom is -0.496 e. The number of nitrogens with one attached hydrogen (secondary N) is 2. The summed E-state index contributed by atoms with van der Waals surface area (Å²) in [4.78, 5) is 12.9. The number of carbonyl (C=O) groups excluding carboxylic acids is 1. The summed E-state index contributed by atoms with van der Waals surface area (Å²) in [5.74, 6) is 0.867. The maximum atomic E-state index is 12.9. The molecule has 2 N–H and O–H groups in total. The molecule has 5 nitrogen and oxygen atoms in total. The molecule has 1 heterocycles. The molecule has 1 aliphatic rings. The maximum absolute atomic E-state index is 12.9. The molecule has 1 amide bonds. The van der Waals surface area contributed by atoms with Gasteiger partial charge in [-0.25, -0.2) is 0 Å². The number of ether oxygens (including phenoxy) is 1. The molecule has 1 aromatic carbocycles. The van der Waals surface area contributed by atoms with Crippen molar-refractivity contribution in [2.45, 2.75) is 45.1 Å². The zero-order valence-electron chi connectivity index (χ0n) is 13.9. The lowest BCUT2D eigenvalue weighted by Gasteiger charge is -2.41. The van der Waals surface area contributed by atoms with E-state index in [9.17, 15) is 4.79 Å². The largest absolute Gasteiger partial charge is 0.496 e.